The Morgan fingerprint density at radius 1 is 1.21 bits per heavy atom. The summed E-state index contributed by atoms with van der Waals surface area (Å²) >= 11 is 1.47. The van der Waals surface area contributed by atoms with Crippen LogP contribution in [-0.4, -0.2) is 48.9 Å². The molecule has 0 spiro atoms. The second-order valence-electron chi connectivity index (χ2n) is 9.80. The number of nitrogens with zero attached hydrogens (tertiary/aromatic N) is 4. The van der Waals surface area contributed by atoms with Crippen molar-refractivity contribution in [1.29, 1.82) is 0 Å². The van der Waals surface area contributed by atoms with E-state index in [1.807, 2.05) is 33.8 Å². The van der Waals surface area contributed by atoms with E-state index >= 15 is 0 Å². The van der Waals surface area contributed by atoms with Crippen molar-refractivity contribution in [3.05, 3.63) is 17.3 Å². The largest absolute Gasteiger partial charge is 0.444 e. The molecule has 3 aromatic heterocycles. The van der Waals surface area contributed by atoms with Gasteiger partial charge in [0.25, 0.3) is 0 Å². The normalized spacial score (nSPS) is 21.4. The Morgan fingerprint density at radius 3 is 2.76 bits per heavy atom. The molecule has 3 atom stereocenters. The highest BCUT2D eigenvalue weighted by Crippen LogP contribution is 2.29. The highest BCUT2D eigenvalue weighted by atomic mass is 32.1. The molecule has 1 amide bonds. The monoisotopic (exact) mass is 472 g/mol. The van der Waals surface area contributed by atoms with Crippen LogP contribution in [-0.2, 0) is 4.74 Å². The first-order chi connectivity index (χ1) is 15.6. The third kappa shape index (κ3) is 6.31. The molecule has 0 unspecified atom stereocenters. The standard InChI is InChI=1S/C22H32N8O2S/c1-12-6-7-14(25-21(31)32-22(3,4)5)10-15(8-12)24-20-27-18(17-19(28-20)33-11-23-17)26-16-9-13(2)29-30-16/h9,11-12,14-15H,6-8,10H2,1-5H3,(H,25,31)(H3,24,26,27,28,29,30)/t12-,14+,15-/m1/s1. The Balaban J connectivity index is 1.50. The van der Waals surface area contributed by atoms with Crippen molar-refractivity contribution in [3.8, 4) is 0 Å². The van der Waals surface area contributed by atoms with Gasteiger partial charge in [-0.25, -0.2) is 14.8 Å². The van der Waals surface area contributed by atoms with Gasteiger partial charge in [-0.1, -0.05) is 6.92 Å². The fraction of sp³-hybridized carbons (Fsp3) is 0.591. The Kier molecular flexibility index (Phi) is 6.68. The predicted octanol–water partition coefficient (Wildman–Crippen LogP) is 4.75. The Hall–Kier alpha value is -2.95. The number of anilines is 3. The van der Waals surface area contributed by atoms with E-state index in [1.54, 1.807) is 5.51 Å². The number of rotatable bonds is 5. The topological polar surface area (TPSA) is 130 Å². The maximum Gasteiger partial charge on any atom is 0.407 e. The smallest absolute Gasteiger partial charge is 0.407 e. The maximum absolute atomic E-state index is 12.3. The number of aromatic nitrogens is 5. The van der Waals surface area contributed by atoms with Gasteiger partial charge in [-0.3, -0.25) is 5.10 Å². The lowest BCUT2D eigenvalue weighted by Crippen LogP contribution is -2.41. The van der Waals surface area contributed by atoms with E-state index in [-0.39, 0.29) is 18.2 Å². The van der Waals surface area contributed by atoms with Gasteiger partial charge in [-0.05, 0) is 59.3 Å². The molecule has 3 heterocycles. The second kappa shape index (κ2) is 9.50. The van der Waals surface area contributed by atoms with Crippen LogP contribution in [0.25, 0.3) is 10.3 Å². The molecule has 178 valence electrons. The number of carbonyl (C=O) groups excluding carboxylic acids is 1. The third-order valence-corrected chi connectivity index (χ3v) is 6.19. The summed E-state index contributed by atoms with van der Waals surface area (Å²) in [5.74, 6) is 2.35. The summed E-state index contributed by atoms with van der Waals surface area (Å²) in [4.78, 5) is 26.9. The van der Waals surface area contributed by atoms with Crippen LogP contribution >= 0.6 is 11.3 Å². The average Bonchev–Trinajstić information content (AvgIpc) is 3.29. The van der Waals surface area contributed by atoms with Crippen LogP contribution in [0, 0.1) is 12.8 Å². The van der Waals surface area contributed by atoms with Crippen molar-refractivity contribution >= 4 is 45.4 Å². The van der Waals surface area contributed by atoms with Crippen LogP contribution in [0.1, 0.15) is 59.1 Å². The molecule has 33 heavy (non-hydrogen) atoms. The fourth-order valence-electron chi connectivity index (χ4n) is 4.07. The number of amides is 1. The molecular formula is C22H32N8O2S. The summed E-state index contributed by atoms with van der Waals surface area (Å²) in [5.41, 5.74) is 2.91. The van der Waals surface area contributed by atoms with Crippen LogP contribution in [0.2, 0.25) is 0 Å². The van der Waals surface area contributed by atoms with E-state index in [4.69, 9.17) is 9.72 Å². The minimum atomic E-state index is -0.520. The molecule has 4 rings (SSSR count). The molecule has 0 aromatic carbocycles. The van der Waals surface area contributed by atoms with Gasteiger partial charge >= 0.3 is 6.09 Å². The minimum Gasteiger partial charge on any atom is -0.444 e. The summed E-state index contributed by atoms with van der Waals surface area (Å²) in [6.45, 7) is 9.79. The van der Waals surface area contributed by atoms with E-state index in [2.05, 4.69) is 43.0 Å². The second-order valence-corrected chi connectivity index (χ2v) is 10.6. The van der Waals surface area contributed by atoms with Crippen molar-refractivity contribution < 1.29 is 9.53 Å². The van der Waals surface area contributed by atoms with E-state index in [9.17, 15) is 4.79 Å². The van der Waals surface area contributed by atoms with Gasteiger partial charge in [0, 0.05) is 23.8 Å². The van der Waals surface area contributed by atoms with Crippen molar-refractivity contribution in [2.75, 3.05) is 10.6 Å². The number of aromatic amines is 1. The first-order valence-corrected chi connectivity index (χ1v) is 12.2. The number of ether oxygens (including phenoxy) is 1. The highest BCUT2D eigenvalue weighted by Gasteiger charge is 2.27. The third-order valence-electron chi connectivity index (χ3n) is 5.47. The number of H-pyrrole nitrogens is 1. The van der Waals surface area contributed by atoms with Crippen LogP contribution in [0.5, 0.6) is 0 Å². The maximum atomic E-state index is 12.3. The van der Waals surface area contributed by atoms with E-state index < -0.39 is 5.60 Å². The Morgan fingerprint density at radius 2 is 2.03 bits per heavy atom. The van der Waals surface area contributed by atoms with Crippen LogP contribution in [0.15, 0.2) is 11.6 Å². The van der Waals surface area contributed by atoms with Crippen LogP contribution in [0.4, 0.5) is 22.4 Å². The SMILES string of the molecule is Cc1cc(Nc2nc(N[C@@H]3C[C@H](C)CC[C@H](NC(=O)OC(C)(C)C)C3)nc3scnc23)n[nH]1. The van der Waals surface area contributed by atoms with Crippen molar-refractivity contribution in [2.24, 2.45) is 5.92 Å². The molecule has 10 nitrogen and oxygen atoms in total. The number of fused-ring (bicyclic) bond motifs is 1. The molecule has 0 aliphatic heterocycles. The Labute approximate surface area is 197 Å². The van der Waals surface area contributed by atoms with Gasteiger partial charge in [0.2, 0.25) is 5.95 Å². The molecule has 1 aliphatic carbocycles. The molecular weight excluding hydrogens is 440 g/mol. The minimum absolute atomic E-state index is 0.0269. The quantitative estimate of drug-likeness (QED) is 0.392. The highest BCUT2D eigenvalue weighted by molar-refractivity contribution is 7.16. The molecule has 1 aliphatic rings. The fourth-order valence-corrected chi connectivity index (χ4v) is 4.73. The van der Waals surface area contributed by atoms with Crippen LogP contribution in [0.3, 0.4) is 0 Å². The van der Waals surface area contributed by atoms with Gasteiger partial charge in [-0.2, -0.15) is 10.1 Å². The van der Waals surface area contributed by atoms with E-state index in [1.165, 1.54) is 11.3 Å². The molecule has 3 aromatic rings. The first kappa shape index (κ1) is 23.2. The molecule has 1 fully saturated rings. The number of thiazole rings is 1. The van der Waals surface area contributed by atoms with Gasteiger partial charge < -0.3 is 20.7 Å². The lowest BCUT2D eigenvalue weighted by Gasteiger charge is -2.25. The number of nitrogens with one attached hydrogen (secondary N) is 4. The van der Waals surface area contributed by atoms with E-state index in [0.717, 1.165) is 36.2 Å². The summed E-state index contributed by atoms with van der Waals surface area (Å²) in [5, 5.41) is 17.0. The zero-order valence-electron chi connectivity index (χ0n) is 19.7. The zero-order valence-corrected chi connectivity index (χ0v) is 20.5. The van der Waals surface area contributed by atoms with Crippen molar-refractivity contribution in [3.63, 3.8) is 0 Å². The molecule has 0 radical (unpaired) electrons. The van der Waals surface area contributed by atoms with Gasteiger partial charge in [-0.15, -0.1) is 11.3 Å². The first-order valence-electron chi connectivity index (χ1n) is 11.3. The number of hydrogen-bond acceptors (Lipinski definition) is 9. The van der Waals surface area contributed by atoms with Gasteiger partial charge in [0.1, 0.15) is 11.1 Å². The van der Waals surface area contributed by atoms with Gasteiger partial charge in [0.15, 0.2) is 16.5 Å². The van der Waals surface area contributed by atoms with E-state index in [0.29, 0.717) is 29.0 Å². The number of carbonyl (C=O) groups is 1. The number of alkyl carbamates (subject to hydrolysis) is 1. The lowest BCUT2D eigenvalue weighted by atomic mass is 10.0. The summed E-state index contributed by atoms with van der Waals surface area (Å²) in [6, 6.07) is 2.06. The summed E-state index contributed by atoms with van der Waals surface area (Å²) < 4.78 is 5.46. The molecule has 0 bridgehead atoms. The summed E-state index contributed by atoms with van der Waals surface area (Å²) in [6.07, 6.45) is 3.33. The van der Waals surface area contributed by atoms with Crippen molar-refractivity contribution in [2.45, 2.75) is 78.0 Å². The molecule has 1 saturated carbocycles. The zero-order chi connectivity index (χ0) is 23.6. The van der Waals surface area contributed by atoms with Crippen molar-refractivity contribution in [1.82, 2.24) is 30.5 Å². The van der Waals surface area contributed by atoms with Crippen LogP contribution < -0.4 is 16.0 Å². The predicted molar refractivity (Wildman–Crippen MR) is 130 cm³/mol. The number of hydrogen-bond donors (Lipinski definition) is 4. The van der Waals surface area contributed by atoms with Gasteiger partial charge in [0.05, 0.1) is 5.51 Å². The molecule has 11 heteroatoms. The Bertz CT molecular complexity index is 1110. The lowest BCUT2D eigenvalue weighted by molar-refractivity contribution is 0.0499. The molecule has 0 saturated heterocycles. The summed E-state index contributed by atoms with van der Waals surface area (Å²) in [7, 11) is 0. The molecule has 4 N–H and O–H groups in total. The number of aryl methyl sites for hydroxylation is 1. The average molecular weight is 473 g/mol.